The average Bonchev–Trinajstić information content (AvgIpc) is 2.85. The molecule has 1 aliphatic heterocycles. The molecule has 0 saturated carbocycles. The SMILES string of the molecule is CCNC(=O)C1(Cc2ccccc2-c2ccccc2)CN(C(=O)c2cccnc2)CCO1. The van der Waals surface area contributed by atoms with Crippen LogP contribution in [0.5, 0.6) is 0 Å². The lowest BCUT2D eigenvalue weighted by Gasteiger charge is -2.42. The van der Waals surface area contributed by atoms with E-state index in [-0.39, 0.29) is 25.0 Å². The van der Waals surface area contributed by atoms with Crippen molar-refractivity contribution in [3.63, 3.8) is 0 Å². The minimum atomic E-state index is -1.17. The minimum absolute atomic E-state index is 0.147. The van der Waals surface area contributed by atoms with Crippen LogP contribution in [0.3, 0.4) is 0 Å². The van der Waals surface area contributed by atoms with Gasteiger partial charge in [0.2, 0.25) is 0 Å². The summed E-state index contributed by atoms with van der Waals surface area (Å²) in [5.74, 6) is -0.349. The first kappa shape index (κ1) is 21.7. The Balaban J connectivity index is 1.68. The molecule has 6 nitrogen and oxygen atoms in total. The summed E-state index contributed by atoms with van der Waals surface area (Å²) in [5.41, 5.74) is 2.46. The van der Waals surface area contributed by atoms with Gasteiger partial charge in [-0.3, -0.25) is 14.6 Å². The summed E-state index contributed by atoms with van der Waals surface area (Å²) >= 11 is 0. The Bertz CT molecular complexity index is 1070. The van der Waals surface area contributed by atoms with E-state index < -0.39 is 5.60 Å². The largest absolute Gasteiger partial charge is 0.361 e. The Morgan fingerprint density at radius 1 is 1.06 bits per heavy atom. The molecule has 1 N–H and O–H groups in total. The van der Waals surface area contributed by atoms with Gasteiger partial charge in [0.25, 0.3) is 11.8 Å². The number of morpholine rings is 1. The molecule has 4 rings (SSSR count). The number of hydrogen-bond acceptors (Lipinski definition) is 4. The van der Waals surface area contributed by atoms with Crippen molar-refractivity contribution in [3.8, 4) is 11.1 Å². The fourth-order valence-electron chi connectivity index (χ4n) is 4.16. The molecular weight excluding hydrogens is 402 g/mol. The van der Waals surface area contributed by atoms with Gasteiger partial charge < -0.3 is 15.0 Å². The van der Waals surface area contributed by atoms with E-state index in [2.05, 4.69) is 28.5 Å². The van der Waals surface area contributed by atoms with Gasteiger partial charge in [-0.2, -0.15) is 0 Å². The van der Waals surface area contributed by atoms with E-state index >= 15 is 0 Å². The van der Waals surface area contributed by atoms with Gasteiger partial charge in [0.1, 0.15) is 0 Å². The quantitative estimate of drug-likeness (QED) is 0.652. The zero-order valence-corrected chi connectivity index (χ0v) is 18.2. The highest BCUT2D eigenvalue weighted by Crippen LogP contribution is 2.30. The van der Waals surface area contributed by atoms with E-state index in [9.17, 15) is 9.59 Å². The topological polar surface area (TPSA) is 71.5 Å². The third kappa shape index (κ3) is 4.55. The van der Waals surface area contributed by atoms with Gasteiger partial charge in [0, 0.05) is 31.9 Å². The lowest BCUT2D eigenvalue weighted by Crippen LogP contribution is -2.62. The van der Waals surface area contributed by atoms with E-state index in [1.54, 1.807) is 29.4 Å². The molecule has 2 aromatic carbocycles. The minimum Gasteiger partial charge on any atom is -0.361 e. The highest BCUT2D eigenvalue weighted by atomic mass is 16.5. The van der Waals surface area contributed by atoms with Gasteiger partial charge >= 0.3 is 0 Å². The van der Waals surface area contributed by atoms with Crippen LogP contribution in [-0.4, -0.2) is 53.5 Å². The van der Waals surface area contributed by atoms with Crippen LogP contribution in [0.4, 0.5) is 0 Å². The molecule has 0 spiro atoms. The molecule has 3 aromatic rings. The summed E-state index contributed by atoms with van der Waals surface area (Å²) in [6.45, 7) is 3.26. The zero-order chi connectivity index (χ0) is 22.4. The second-order valence-corrected chi connectivity index (χ2v) is 7.87. The summed E-state index contributed by atoms with van der Waals surface area (Å²) in [6, 6.07) is 21.6. The van der Waals surface area contributed by atoms with Crippen LogP contribution in [0.1, 0.15) is 22.8 Å². The van der Waals surface area contributed by atoms with Crippen molar-refractivity contribution < 1.29 is 14.3 Å². The van der Waals surface area contributed by atoms with Gasteiger partial charge in [-0.1, -0.05) is 54.6 Å². The van der Waals surface area contributed by atoms with Crippen molar-refractivity contribution in [2.45, 2.75) is 18.9 Å². The highest BCUT2D eigenvalue weighted by Gasteiger charge is 2.45. The lowest BCUT2D eigenvalue weighted by atomic mass is 9.87. The number of likely N-dealkylation sites (N-methyl/N-ethyl adjacent to an activating group) is 1. The molecule has 32 heavy (non-hydrogen) atoms. The smallest absolute Gasteiger partial charge is 0.255 e. The van der Waals surface area contributed by atoms with Crippen LogP contribution in [-0.2, 0) is 16.0 Å². The van der Waals surface area contributed by atoms with E-state index in [4.69, 9.17) is 4.74 Å². The third-order valence-corrected chi connectivity index (χ3v) is 5.71. The number of pyridine rings is 1. The van der Waals surface area contributed by atoms with Gasteiger partial charge in [0.05, 0.1) is 18.7 Å². The molecule has 1 unspecified atom stereocenters. The number of benzene rings is 2. The zero-order valence-electron chi connectivity index (χ0n) is 18.2. The fraction of sp³-hybridized carbons (Fsp3) is 0.269. The Kier molecular flexibility index (Phi) is 6.61. The van der Waals surface area contributed by atoms with Crippen LogP contribution in [0.2, 0.25) is 0 Å². The highest BCUT2D eigenvalue weighted by molar-refractivity contribution is 5.95. The first-order chi connectivity index (χ1) is 15.6. The first-order valence-electron chi connectivity index (χ1n) is 10.9. The lowest BCUT2D eigenvalue weighted by molar-refractivity contribution is -0.157. The number of hydrogen-bond donors (Lipinski definition) is 1. The molecule has 1 atom stereocenters. The second kappa shape index (κ2) is 9.75. The molecule has 1 fully saturated rings. The molecule has 0 radical (unpaired) electrons. The van der Waals surface area contributed by atoms with Crippen LogP contribution >= 0.6 is 0 Å². The van der Waals surface area contributed by atoms with Crippen molar-refractivity contribution >= 4 is 11.8 Å². The van der Waals surface area contributed by atoms with Crippen molar-refractivity contribution in [1.29, 1.82) is 0 Å². The van der Waals surface area contributed by atoms with Gasteiger partial charge in [0.15, 0.2) is 5.60 Å². The summed E-state index contributed by atoms with van der Waals surface area (Å²) < 4.78 is 6.17. The Labute approximate surface area is 188 Å². The summed E-state index contributed by atoms with van der Waals surface area (Å²) in [6.07, 6.45) is 3.55. The van der Waals surface area contributed by atoms with Gasteiger partial charge in [-0.25, -0.2) is 0 Å². The molecular formula is C26H27N3O3. The number of rotatable bonds is 6. The molecule has 1 aromatic heterocycles. The fourth-order valence-corrected chi connectivity index (χ4v) is 4.16. The Morgan fingerprint density at radius 3 is 2.59 bits per heavy atom. The van der Waals surface area contributed by atoms with Crippen LogP contribution in [0.25, 0.3) is 11.1 Å². The maximum absolute atomic E-state index is 13.3. The summed E-state index contributed by atoms with van der Waals surface area (Å²) in [7, 11) is 0. The molecule has 164 valence electrons. The predicted molar refractivity (Wildman–Crippen MR) is 123 cm³/mol. The van der Waals surface area contributed by atoms with Crippen LogP contribution in [0, 0.1) is 0 Å². The molecule has 0 bridgehead atoms. The first-order valence-corrected chi connectivity index (χ1v) is 10.9. The number of carbonyl (C=O) groups is 2. The van der Waals surface area contributed by atoms with Crippen LogP contribution < -0.4 is 5.32 Å². The van der Waals surface area contributed by atoms with E-state index in [1.807, 2.05) is 43.3 Å². The molecule has 2 amide bonds. The number of aromatic nitrogens is 1. The number of ether oxygens (including phenoxy) is 1. The molecule has 1 saturated heterocycles. The molecule has 0 aliphatic carbocycles. The predicted octanol–water partition coefficient (Wildman–Crippen LogP) is 3.34. The maximum Gasteiger partial charge on any atom is 0.255 e. The van der Waals surface area contributed by atoms with Gasteiger partial charge in [-0.05, 0) is 35.7 Å². The number of carbonyl (C=O) groups excluding carboxylic acids is 2. The molecule has 1 aliphatic rings. The summed E-state index contributed by atoms with van der Waals surface area (Å²) in [5, 5.41) is 2.92. The van der Waals surface area contributed by atoms with Crippen molar-refractivity contribution in [3.05, 3.63) is 90.3 Å². The van der Waals surface area contributed by atoms with E-state index in [0.717, 1.165) is 16.7 Å². The number of nitrogens with one attached hydrogen (secondary N) is 1. The standard InChI is InChI=1S/C26H27N3O3/c1-2-28-25(31)26(17-21-11-6-7-13-23(21)20-9-4-3-5-10-20)19-29(15-16-32-26)24(30)22-12-8-14-27-18-22/h3-14,18H,2,15-17,19H2,1H3,(H,28,31). The van der Waals surface area contributed by atoms with Crippen LogP contribution in [0.15, 0.2) is 79.1 Å². The molecule has 6 heteroatoms. The van der Waals surface area contributed by atoms with E-state index in [0.29, 0.717) is 25.1 Å². The Morgan fingerprint density at radius 2 is 1.84 bits per heavy atom. The average molecular weight is 430 g/mol. The number of nitrogens with zero attached hydrogens (tertiary/aromatic N) is 2. The second-order valence-electron chi connectivity index (χ2n) is 7.87. The van der Waals surface area contributed by atoms with E-state index in [1.165, 1.54) is 0 Å². The number of amides is 2. The van der Waals surface area contributed by atoms with Crippen molar-refractivity contribution in [1.82, 2.24) is 15.2 Å². The maximum atomic E-state index is 13.3. The third-order valence-electron chi connectivity index (χ3n) is 5.71. The van der Waals surface area contributed by atoms with Crippen molar-refractivity contribution in [2.75, 3.05) is 26.2 Å². The van der Waals surface area contributed by atoms with Crippen molar-refractivity contribution in [2.24, 2.45) is 0 Å². The summed E-state index contributed by atoms with van der Waals surface area (Å²) in [4.78, 5) is 32.1. The Hall–Kier alpha value is -3.51. The molecule has 2 heterocycles. The van der Waals surface area contributed by atoms with Gasteiger partial charge in [-0.15, -0.1) is 0 Å². The monoisotopic (exact) mass is 429 g/mol. The normalized spacial score (nSPS) is 18.2.